The van der Waals surface area contributed by atoms with E-state index in [9.17, 15) is 9.59 Å². The molecule has 2 aliphatic carbocycles. The number of aryl methyl sites for hydroxylation is 2. The summed E-state index contributed by atoms with van der Waals surface area (Å²) in [5.74, 6) is -0.395. The van der Waals surface area contributed by atoms with Gasteiger partial charge in [-0.25, -0.2) is 0 Å². The molecule has 8 heteroatoms. The van der Waals surface area contributed by atoms with Gasteiger partial charge < -0.3 is 0 Å². The fraction of sp³-hybridized carbons (Fsp3) is 0.423. The molecule has 0 aliphatic heterocycles. The quantitative estimate of drug-likeness (QED) is 0.117. The van der Waals surface area contributed by atoms with Gasteiger partial charge in [-0.15, -0.1) is 0 Å². The van der Waals surface area contributed by atoms with Gasteiger partial charge in [0.1, 0.15) is 0 Å². The van der Waals surface area contributed by atoms with Crippen molar-refractivity contribution in [1.82, 2.24) is 10.5 Å². The van der Waals surface area contributed by atoms with E-state index in [1.54, 1.807) is 0 Å². The van der Waals surface area contributed by atoms with Gasteiger partial charge in [-0.1, -0.05) is 0 Å². The first kappa shape index (κ1) is 46.3. The van der Waals surface area contributed by atoms with Crippen LogP contribution in [-0.2, 0) is 38.3 Å². The number of carbonyl (C=O) groups is 2. The van der Waals surface area contributed by atoms with E-state index >= 15 is 0 Å². The number of unbranched alkanes of at least 4 members (excludes halogenated alkanes) is 2. The molecule has 4 nitrogen and oxygen atoms in total. The van der Waals surface area contributed by atoms with Crippen LogP contribution in [0.25, 0.3) is 34.4 Å². The molecule has 2 aliphatic rings. The van der Waals surface area contributed by atoms with E-state index in [0.29, 0.717) is 0 Å². The van der Waals surface area contributed by atoms with E-state index < -0.39 is 27.8 Å². The second-order valence-corrected chi connectivity index (χ2v) is 49.6. The molecule has 0 bridgehead atoms. The molecule has 317 valence electrons. The van der Waals surface area contributed by atoms with Gasteiger partial charge in [0.05, 0.1) is 0 Å². The van der Waals surface area contributed by atoms with Crippen molar-refractivity contribution in [3.63, 3.8) is 0 Å². The van der Waals surface area contributed by atoms with Crippen LogP contribution in [0, 0.1) is 10.8 Å². The fourth-order valence-corrected chi connectivity index (χ4v) is 40.1. The summed E-state index contributed by atoms with van der Waals surface area (Å²) < 4.78 is -1.89. The Labute approximate surface area is 369 Å². The number of fused-ring (bicyclic) bond motifs is 2. The van der Waals surface area contributed by atoms with Gasteiger partial charge in [-0.3, -0.25) is 0 Å². The van der Waals surface area contributed by atoms with Crippen molar-refractivity contribution in [2.24, 2.45) is 10.8 Å². The monoisotopic (exact) mass is 1010 g/mol. The molecular weight excluding hydrogens is 945 g/mol. The third kappa shape index (κ3) is 8.73. The Morgan fingerprint density at radius 1 is 0.567 bits per heavy atom. The van der Waals surface area contributed by atoms with Crippen molar-refractivity contribution in [3.8, 4) is 22.3 Å². The summed E-state index contributed by atoms with van der Waals surface area (Å²) in [6.07, 6.45) is 11.6. The van der Waals surface area contributed by atoms with Crippen molar-refractivity contribution >= 4 is 45.7 Å². The molecule has 2 amide bonds. The normalized spacial score (nSPS) is 16.9. The van der Waals surface area contributed by atoms with Crippen LogP contribution in [0.1, 0.15) is 148 Å². The molecule has 60 heavy (non-hydrogen) atoms. The second-order valence-electron chi connectivity index (χ2n) is 19.2. The number of rotatable bonds is 15. The Kier molecular flexibility index (Phi) is 14.1. The second kappa shape index (κ2) is 18.3. The summed E-state index contributed by atoms with van der Waals surface area (Å²) >= 11 is -6.36. The maximum atomic E-state index is 13.9. The van der Waals surface area contributed by atoms with Crippen LogP contribution in [0.4, 0.5) is 0 Å². The molecule has 2 unspecified atom stereocenters. The molecule has 0 saturated carbocycles. The van der Waals surface area contributed by atoms with Crippen LogP contribution in [0.3, 0.4) is 0 Å². The summed E-state index contributed by atoms with van der Waals surface area (Å²) in [7, 11) is 18.2. The molecule has 2 atom stereocenters. The molecule has 0 saturated heterocycles. The third-order valence-corrected chi connectivity index (χ3v) is 41.1. The SMILES string of the molecule is CCCCc1ccccc1-c1cccc2c1C=C(C(C)(C)C)[CH]2[Hf]([Cl])([Cl])([B](NC(=O)CC)NC(=O)CC)[CH]1C(C(C)(C)C)=Cc2c(-c3ccccc3CCCC)cccc21. The Morgan fingerprint density at radius 2 is 0.933 bits per heavy atom. The standard InChI is InChI=1S/2C23H27.C6H11BN2O2.2ClH.Hf/c2*1-5-6-10-17-11-7-8-13-20(17)21-14-9-12-18-15-19(16-22(18)21)23(2,3)4;1-3-5(10)8-7-9-6(11)4-2;;;/h2*7-9,11-16H,5-6,10H2,1-4H3;3-4H2,1-2H3,(H-,8,9,10,11);2*1H;/q;;;;;+1/p-1. The number of carbonyl (C=O) groups excluding carboxylic acids is 2. The van der Waals surface area contributed by atoms with Gasteiger partial charge in [-0.2, -0.15) is 0 Å². The van der Waals surface area contributed by atoms with Crippen LogP contribution >= 0.6 is 17.2 Å². The number of hydrogen-bond acceptors (Lipinski definition) is 2. The zero-order valence-electron chi connectivity index (χ0n) is 37.7. The van der Waals surface area contributed by atoms with Crippen molar-refractivity contribution in [2.75, 3.05) is 0 Å². The molecule has 0 spiro atoms. The van der Waals surface area contributed by atoms with E-state index in [-0.39, 0.29) is 35.5 Å². The van der Waals surface area contributed by atoms with E-state index in [4.69, 9.17) is 17.2 Å². The van der Waals surface area contributed by atoms with E-state index in [1.165, 1.54) is 22.3 Å². The molecule has 6 rings (SSSR count). The molecule has 0 fully saturated rings. The minimum absolute atomic E-state index is 0.197. The molecule has 0 aromatic heterocycles. The van der Waals surface area contributed by atoms with Gasteiger partial charge in [0, 0.05) is 0 Å². The van der Waals surface area contributed by atoms with Gasteiger partial charge in [-0.05, 0) is 0 Å². The van der Waals surface area contributed by atoms with Crippen molar-refractivity contribution in [1.29, 1.82) is 0 Å². The molecule has 0 radical (unpaired) electrons. The minimum atomic E-state index is -6.36. The number of nitrogens with one attached hydrogen (secondary N) is 2. The summed E-state index contributed by atoms with van der Waals surface area (Å²) in [4.78, 5) is 27.8. The number of halogens is 2. The Morgan fingerprint density at radius 3 is 1.28 bits per heavy atom. The predicted molar refractivity (Wildman–Crippen MR) is 256 cm³/mol. The first-order valence-corrected chi connectivity index (χ1v) is 37.6. The zero-order valence-corrected chi connectivity index (χ0v) is 42.8. The third-order valence-electron chi connectivity index (χ3n) is 13.0. The van der Waals surface area contributed by atoms with Crippen LogP contribution < -0.4 is 10.5 Å². The number of benzene rings is 4. The molecule has 0 heterocycles. The van der Waals surface area contributed by atoms with Crippen molar-refractivity contribution < 1.29 is 25.5 Å². The topological polar surface area (TPSA) is 58.2 Å². The van der Waals surface area contributed by atoms with Crippen LogP contribution in [0.5, 0.6) is 0 Å². The number of amides is 2. The molecule has 4 aromatic carbocycles. The van der Waals surface area contributed by atoms with Gasteiger partial charge in [0.25, 0.3) is 0 Å². The van der Waals surface area contributed by atoms with E-state index in [2.05, 4.69) is 163 Å². The van der Waals surface area contributed by atoms with Crippen LogP contribution in [0.15, 0.2) is 96.1 Å². The van der Waals surface area contributed by atoms with Crippen LogP contribution in [-0.4, -0.2) is 16.4 Å². The summed E-state index contributed by atoms with van der Waals surface area (Å²) in [6, 6.07) is 30.7. The van der Waals surface area contributed by atoms with Crippen molar-refractivity contribution in [3.05, 3.63) is 129 Å². The summed E-state index contributed by atoms with van der Waals surface area (Å²) in [5, 5.41) is 6.68. The fourth-order valence-electron chi connectivity index (χ4n) is 9.84. The van der Waals surface area contributed by atoms with Gasteiger partial charge >= 0.3 is 372 Å². The maximum absolute atomic E-state index is 13.9. The van der Waals surface area contributed by atoms with Gasteiger partial charge in [0.15, 0.2) is 0 Å². The Bertz CT molecular complexity index is 2160. The molecule has 2 N–H and O–H groups in total. The summed E-state index contributed by atoms with van der Waals surface area (Å²) in [5.41, 5.74) is 13.3. The molecular formula is C52H66BCl2HfN2O2. The van der Waals surface area contributed by atoms with Crippen molar-refractivity contribution in [2.45, 2.75) is 128 Å². The average molecular weight is 1010 g/mol. The van der Waals surface area contributed by atoms with Gasteiger partial charge in [0.2, 0.25) is 0 Å². The Balaban J connectivity index is 1.74. The van der Waals surface area contributed by atoms with E-state index in [0.717, 1.165) is 83.1 Å². The Hall–Kier alpha value is -3.18. The molecule has 4 aromatic rings. The predicted octanol–water partition coefficient (Wildman–Crippen LogP) is 14.4. The van der Waals surface area contributed by atoms with Crippen LogP contribution in [0.2, 0.25) is 0 Å². The zero-order chi connectivity index (χ0) is 43.6. The van der Waals surface area contributed by atoms with E-state index in [1.807, 2.05) is 13.8 Å². The average Bonchev–Trinajstić information content (AvgIpc) is 3.84. The first-order valence-electron chi connectivity index (χ1n) is 22.4. The number of hydrogen-bond donors (Lipinski definition) is 2. The first-order chi connectivity index (χ1) is 28.4. The summed E-state index contributed by atoms with van der Waals surface area (Å²) in [6.45, 7) is 21.6. The number of allylic oxidation sites excluding steroid dienone is 2.